The van der Waals surface area contributed by atoms with Gasteiger partial charge in [-0.3, -0.25) is 0 Å². The van der Waals surface area contributed by atoms with Crippen LogP contribution in [0.25, 0.3) is 0 Å². The average Bonchev–Trinajstić information content (AvgIpc) is 2.69. The first-order chi connectivity index (χ1) is 13.0. The highest BCUT2D eigenvalue weighted by molar-refractivity contribution is 5.89. The quantitative estimate of drug-likeness (QED) is 0.516. The molecule has 0 amide bonds. The lowest BCUT2D eigenvalue weighted by Gasteiger charge is -2.10. The van der Waals surface area contributed by atoms with E-state index in [-0.39, 0.29) is 11.5 Å². The standard InChI is InChI=1S/C18H13F3N4O2/c1-27-18(26)10-2-4-11(5-3-10)24-14-8-15(23-9-22-14)25-13-7-6-12(19)16(20)17(13)21/h2-9H,1H3,(H2,22,23,24,25). The Hall–Kier alpha value is -3.62. The van der Waals surface area contributed by atoms with Crippen molar-refractivity contribution in [3.8, 4) is 0 Å². The number of carbonyl (C=O) groups is 1. The summed E-state index contributed by atoms with van der Waals surface area (Å²) in [6, 6.07) is 9.77. The third kappa shape index (κ3) is 4.14. The molecule has 6 nitrogen and oxygen atoms in total. The molecule has 0 spiro atoms. The van der Waals surface area contributed by atoms with Crippen LogP contribution in [0, 0.1) is 17.5 Å². The molecule has 0 aliphatic rings. The van der Waals surface area contributed by atoms with E-state index < -0.39 is 23.4 Å². The number of nitrogens with zero attached hydrogens (tertiary/aromatic N) is 2. The minimum absolute atomic E-state index is 0.170. The maximum atomic E-state index is 13.8. The van der Waals surface area contributed by atoms with Crippen LogP contribution in [0.1, 0.15) is 10.4 Å². The van der Waals surface area contributed by atoms with Gasteiger partial charge < -0.3 is 15.4 Å². The summed E-state index contributed by atoms with van der Waals surface area (Å²) >= 11 is 0. The minimum Gasteiger partial charge on any atom is -0.465 e. The first-order valence-electron chi connectivity index (χ1n) is 7.66. The number of esters is 1. The molecule has 0 radical (unpaired) electrons. The van der Waals surface area contributed by atoms with Crippen molar-refractivity contribution in [2.24, 2.45) is 0 Å². The Kier molecular flexibility index (Phi) is 5.20. The first kappa shape index (κ1) is 18.2. The van der Waals surface area contributed by atoms with Crippen molar-refractivity contribution < 1.29 is 22.7 Å². The van der Waals surface area contributed by atoms with Crippen LogP contribution >= 0.6 is 0 Å². The third-order valence-corrected chi connectivity index (χ3v) is 3.54. The summed E-state index contributed by atoms with van der Waals surface area (Å²) < 4.78 is 44.7. The number of carbonyl (C=O) groups excluding carboxylic acids is 1. The zero-order valence-corrected chi connectivity index (χ0v) is 14.0. The fourth-order valence-corrected chi connectivity index (χ4v) is 2.21. The van der Waals surface area contributed by atoms with Gasteiger partial charge in [0.1, 0.15) is 18.0 Å². The molecule has 27 heavy (non-hydrogen) atoms. The van der Waals surface area contributed by atoms with Crippen LogP contribution in [-0.2, 0) is 4.74 Å². The molecule has 1 heterocycles. The normalized spacial score (nSPS) is 10.4. The molecule has 2 N–H and O–H groups in total. The molecular formula is C18H13F3N4O2. The monoisotopic (exact) mass is 374 g/mol. The van der Waals surface area contributed by atoms with Gasteiger partial charge in [-0.05, 0) is 36.4 Å². The highest BCUT2D eigenvalue weighted by atomic mass is 19.2. The zero-order valence-electron chi connectivity index (χ0n) is 14.0. The zero-order chi connectivity index (χ0) is 19.4. The van der Waals surface area contributed by atoms with Crippen LogP contribution in [0.5, 0.6) is 0 Å². The smallest absolute Gasteiger partial charge is 0.337 e. The number of nitrogens with one attached hydrogen (secondary N) is 2. The molecule has 138 valence electrons. The average molecular weight is 374 g/mol. The highest BCUT2D eigenvalue weighted by Crippen LogP contribution is 2.24. The Morgan fingerprint density at radius 2 is 1.59 bits per heavy atom. The van der Waals surface area contributed by atoms with Gasteiger partial charge in [-0.25, -0.2) is 27.9 Å². The number of methoxy groups -OCH3 is 1. The molecule has 9 heteroatoms. The Labute approximate surface area is 152 Å². The van der Waals surface area contributed by atoms with E-state index in [1.807, 2.05) is 0 Å². The number of rotatable bonds is 5. The summed E-state index contributed by atoms with van der Waals surface area (Å²) in [6.45, 7) is 0. The first-order valence-corrected chi connectivity index (χ1v) is 7.66. The molecule has 0 saturated carbocycles. The van der Waals surface area contributed by atoms with Crippen LogP contribution in [0.3, 0.4) is 0 Å². The summed E-state index contributed by atoms with van der Waals surface area (Å²) in [5.74, 6) is -4.12. The minimum atomic E-state index is -1.57. The molecule has 0 bridgehead atoms. The van der Waals surface area contributed by atoms with Gasteiger partial charge in [-0.15, -0.1) is 0 Å². The van der Waals surface area contributed by atoms with Crippen LogP contribution in [0.15, 0.2) is 48.8 Å². The predicted octanol–water partition coefficient (Wildman–Crippen LogP) is 4.17. The van der Waals surface area contributed by atoms with E-state index in [2.05, 4.69) is 25.3 Å². The molecule has 1 aromatic heterocycles. The lowest BCUT2D eigenvalue weighted by molar-refractivity contribution is 0.0601. The van der Waals surface area contributed by atoms with E-state index in [0.29, 0.717) is 17.1 Å². The number of hydrogen-bond donors (Lipinski definition) is 2. The Bertz CT molecular complexity index is 981. The largest absolute Gasteiger partial charge is 0.465 e. The molecule has 0 atom stereocenters. The second-order valence-corrected chi connectivity index (χ2v) is 5.33. The molecule has 0 aliphatic carbocycles. The van der Waals surface area contributed by atoms with E-state index >= 15 is 0 Å². The number of aromatic nitrogens is 2. The van der Waals surface area contributed by atoms with Gasteiger partial charge in [-0.1, -0.05) is 0 Å². The molecule has 0 aliphatic heterocycles. The third-order valence-electron chi connectivity index (χ3n) is 3.54. The fourth-order valence-electron chi connectivity index (χ4n) is 2.21. The molecule has 3 rings (SSSR count). The molecule has 0 saturated heterocycles. The maximum Gasteiger partial charge on any atom is 0.337 e. The van der Waals surface area contributed by atoms with Gasteiger partial charge in [0.05, 0.1) is 18.4 Å². The molecule has 2 aromatic carbocycles. The SMILES string of the molecule is COC(=O)c1ccc(Nc2cc(Nc3ccc(F)c(F)c3F)ncn2)cc1. The van der Waals surface area contributed by atoms with Gasteiger partial charge in [0.2, 0.25) is 0 Å². The van der Waals surface area contributed by atoms with Crippen LogP contribution in [0.2, 0.25) is 0 Å². The van der Waals surface area contributed by atoms with Crippen molar-refractivity contribution in [1.82, 2.24) is 9.97 Å². The Morgan fingerprint density at radius 3 is 2.26 bits per heavy atom. The van der Waals surface area contributed by atoms with E-state index in [1.165, 1.54) is 19.5 Å². The summed E-state index contributed by atoms with van der Waals surface area (Å²) in [4.78, 5) is 19.4. The van der Waals surface area contributed by atoms with Crippen molar-refractivity contribution >= 4 is 29.0 Å². The summed E-state index contributed by atoms with van der Waals surface area (Å²) in [5.41, 5.74) is 0.759. The second-order valence-electron chi connectivity index (χ2n) is 5.33. The van der Waals surface area contributed by atoms with Gasteiger partial charge in [0.25, 0.3) is 0 Å². The highest BCUT2D eigenvalue weighted by Gasteiger charge is 2.14. The topological polar surface area (TPSA) is 76.1 Å². The van der Waals surface area contributed by atoms with Crippen molar-refractivity contribution in [2.45, 2.75) is 0 Å². The van der Waals surface area contributed by atoms with Crippen molar-refractivity contribution in [3.63, 3.8) is 0 Å². The fraction of sp³-hybridized carbons (Fsp3) is 0.0556. The summed E-state index contributed by atoms with van der Waals surface area (Å²) in [7, 11) is 1.29. The maximum absolute atomic E-state index is 13.8. The lowest BCUT2D eigenvalue weighted by atomic mass is 10.2. The van der Waals surface area contributed by atoms with Crippen LogP contribution < -0.4 is 10.6 Å². The van der Waals surface area contributed by atoms with Gasteiger partial charge in [0, 0.05) is 11.8 Å². The predicted molar refractivity (Wildman–Crippen MR) is 92.7 cm³/mol. The Balaban J connectivity index is 1.76. The van der Waals surface area contributed by atoms with Gasteiger partial charge in [0.15, 0.2) is 17.5 Å². The van der Waals surface area contributed by atoms with Crippen LogP contribution in [-0.4, -0.2) is 23.0 Å². The molecular weight excluding hydrogens is 361 g/mol. The van der Waals surface area contributed by atoms with E-state index in [4.69, 9.17) is 0 Å². The van der Waals surface area contributed by atoms with Crippen molar-refractivity contribution in [3.05, 3.63) is 71.8 Å². The van der Waals surface area contributed by atoms with E-state index in [9.17, 15) is 18.0 Å². The lowest BCUT2D eigenvalue weighted by Crippen LogP contribution is -2.03. The van der Waals surface area contributed by atoms with E-state index in [1.54, 1.807) is 24.3 Å². The molecule has 0 unspecified atom stereocenters. The molecule has 3 aromatic rings. The summed E-state index contributed by atoms with van der Waals surface area (Å²) in [5, 5.41) is 5.54. The van der Waals surface area contributed by atoms with Crippen molar-refractivity contribution in [1.29, 1.82) is 0 Å². The van der Waals surface area contributed by atoms with E-state index in [0.717, 1.165) is 12.1 Å². The molecule has 0 fully saturated rings. The van der Waals surface area contributed by atoms with Crippen molar-refractivity contribution in [2.75, 3.05) is 17.7 Å². The Morgan fingerprint density at radius 1 is 0.926 bits per heavy atom. The number of ether oxygens (including phenoxy) is 1. The number of hydrogen-bond acceptors (Lipinski definition) is 6. The second kappa shape index (κ2) is 7.73. The van der Waals surface area contributed by atoms with Gasteiger partial charge >= 0.3 is 5.97 Å². The number of halogens is 3. The van der Waals surface area contributed by atoms with Crippen LogP contribution in [0.4, 0.5) is 36.2 Å². The number of benzene rings is 2. The van der Waals surface area contributed by atoms with Gasteiger partial charge in [-0.2, -0.15) is 0 Å². The number of anilines is 4. The summed E-state index contributed by atoms with van der Waals surface area (Å²) in [6.07, 6.45) is 1.21.